The molecule has 2 saturated carbocycles. The summed E-state index contributed by atoms with van der Waals surface area (Å²) in [4.78, 5) is 11.7. The van der Waals surface area contributed by atoms with Crippen LogP contribution in [-0.4, -0.2) is 36.8 Å². The van der Waals surface area contributed by atoms with E-state index in [1.54, 1.807) is 13.0 Å². The molecule has 0 radical (unpaired) electrons. The summed E-state index contributed by atoms with van der Waals surface area (Å²) in [7, 11) is 0. The van der Waals surface area contributed by atoms with E-state index in [2.05, 4.69) is 0 Å². The van der Waals surface area contributed by atoms with E-state index in [1.807, 2.05) is 13.8 Å². The maximum absolute atomic E-state index is 13.9. The summed E-state index contributed by atoms with van der Waals surface area (Å²) in [5, 5.41) is 8.68. The van der Waals surface area contributed by atoms with Gasteiger partial charge in [-0.3, -0.25) is 0 Å². The predicted molar refractivity (Wildman–Crippen MR) is 90.2 cm³/mol. The molecule has 0 aliphatic heterocycles. The van der Waals surface area contributed by atoms with E-state index >= 15 is 0 Å². The Bertz CT molecular complexity index is 498. The zero-order chi connectivity index (χ0) is 19.9. The quantitative estimate of drug-likeness (QED) is 0.403. The second-order valence-electron chi connectivity index (χ2n) is 6.76. The molecule has 2 fully saturated rings. The summed E-state index contributed by atoms with van der Waals surface area (Å²) in [6.07, 6.45) is -5.10. The molecule has 4 atom stereocenters. The van der Waals surface area contributed by atoms with Gasteiger partial charge in [-0.25, -0.2) is 22.4 Å². The third kappa shape index (κ3) is 6.00. The molecule has 2 aliphatic rings. The lowest BCUT2D eigenvalue weighted by atomic mass is 9.80. The Balaban J connectivity index is 0.00000163. The Kier molecular flexibility index (Phi) is 9.11. The van der Waals surface area contributed by atoms with Gasteiger partial charge in [0.15, 0.2) is 0 Å². The zero-order valence-corrected chi connectivity index (χ0v) is 15.4. The Labute approximate surface area is 152 Å². The van der Waals surface area contributed by atoms with E-state index in [9.17, 15) is 22.4 Å². The Morgan fingerprint density at radius 3 is 1.96 bits per heavy atom. The van der Waals surface area contributed by atoms with Crippen LogP contribution in [0.2, 0.25) is 0 Å². The Morgan fingerprint density at radius 1 is 1.00 bits per heavy atom. The fourth-order valence-corrected chi connectivity index (χ4v) is 3.42. The number of nitrogens with zero attached hydrogens (tertiary/aromatic N) is 1. The van der Waals surface area contributed by atoms with Crippen LogP contribution in [0, 0.1) is 29.1 Å². The smallest absolute Gasteiger partial charge is 0.330 e. The van der Waals surface area contributed by atoms with Gasteiger partial charge in [-0.2, -0.15) is 5.26 Å². The number of rotatable bonds is 3. The molecule has 0 aromatic heterocycles. The van der Waals surface area contributed by atoms with Crippen LogP contribution in [0.3, 0.4) is 0 Å². The highest BCUT2D eigenvalue weighted by Gasteiger charge is 2.40. The lowest BCUT2D eigenvalue weighted by molar-refractivity contribution is -0.147. The summed E-state index contributed by atoms with van der Waals surface area (Å²) in [5.74, 6) is -3.29. The fraction of sp³-hybridized carbons (Fsp3) is 0.789. The van der Waals surface area contributed by atoms with Crippen molar-refractivity contribution in [2.45, 2.75) is 77.2 Å². The molecular weight excluding hydrogens is 350 g/mol. The lowest BCUT2D eigenvalue weighted by Crippen LogP contribution is -2.39. The minimum atomic E-state index is -1.70. The highest BCUT2D eigenvalue weighted by molar-refractivity contribution is 5.82. The first-order valence-electron chi connectivity index (χ1n) is 9.16. The maximum Gasteiger partial charge on any atom is 0.330 e. The van der Waals surface area contributed by atoms with Crippen molar-refractivity contribution in [1.29, 1.82) is 5.26 Å². The van der Waals surface area contributed by atoms with Crippen molar-refractivity contribution in [3.05, 3.63) is 12.2 Å². The number of hydrogen-bond donors (Lipinski definition) is 0. The summed E-state index contributed by atoms with van der Waals surface area (Å²) >= 11 is 0. The van der Waals surface area contributed by atoms with E-state index in [-0.39, 0.29) is 31.6 Å². The number of carbonyl (C=O) groups is 1. The second-order valence-corrected chi connectivity index (χ2v) is 6.76. The van der Waals surface area contributed by atoms with Crippen LogP contribution in [0.1, 0.15) is 46.5 Å². The van der Waals surface area contributed by atoms with Gasteiger partial charge in [0.2, 0.25) is 0 Å². The molecule has 148 valence electrons. The molecule has 0 bridgehead atoms. The second kappa shape index (κ2) is 10.5. The van der Waals surface area contributed by atoms with E-state index in [0.717, 1.165) is 12.2 Å². The molecule has 4 unspecified atom stereocenters. The van der Waals surface area contributed by atoms with Crippen LogP contribution in [0.4, 0.5) is 17.6 Å². The first-order valence-corrected chi connectivity index (χ1v) is 9.16. The van der Waals surface area contributed by atoms with Crippen LogP contribution in [0.5, 0.6) is 0 Å². The van der Waals surface area contributed by atoms with Gasteiger partial charge in [0, 0.05) is 24.8 Å². The minimum absolute atomic E-state index is 0.0510. The van der Waals surface area contributed by atoms with Crippen molar-refractivity contribution in [1.82, 2.24) is 0 Å². The molecule has 0 aromatic carbocycles. The van der Waals surface area contributed by atoms with Crippen LogP contribution >= 0.6 is 0 Å². The number of hydrogen-bond acceptors (Lipinski definition) is 3. The molecule has 2 aliphatic carbocycles. The highest BCUT2D eigenvalue weighted by atomic mass is 19.2. The topological polar surface area (TPSA) is 50.1 Å². The van der Waals surface area contributed by atoms with Gasteiger partial charge in [-0.1, -0.05) is 26.8 Å². The van der Waals surface area contributed by atoms with Gasteiger partial charge in [0.25, 0.3) is 0 Å². The molecule has 0 aromatic rings. The van der Waals surface area contributed by atoms with Gasteiger partial charge >= 0.3 is 5.97 Å². The first-order chi connectivity index (χ1) is 12.3. The van der Waals surface area contributed by atoms with Crippen LogP contribution in [0.15, 0.2) is 12.2 Å². The first kappa shape index (κ1) is 22.5. The van der Waals surface area contributed by atoms with Gasteiger partial charge in [0.05, 0.1) is 6.07 Å². The monoisotopic (exact) mass is 377 g/mol. The van der Waals surface area contributed by atoms with E-state index in [0.29, 0.717) is 0 Å². The fourth-order valence-electron chi connectivity index (χ4n) is 3.42. The van der Waals surface area contributed by atoms with Crippen LogP contribution in [0.25, 0.3) is 0 Å². The van der Waals surface area contributed by atoms with Crippen molar-refractivity contribution in [3.63, 3.8) is 0 Å². The van der Waals surface area contributed by atoms with Gasteiger partial charge in [0.1, 0.15) is 36.7 Å². The van der Waals surface area contributed by atoms with E-state index in [4.69, 9.17) is 10.00 Å². The third-order valence-electron chi connectivity index (χ3n) is 4.73. The van der Waals surface area contributed by atoms with Crippen molar-refractivity contribution in [2.75, 3.05) is 0 Å². The lowest BCUT2D eigenvalue weighted by Gasteiger charge is -2.31. The highest BCUT2D eigenvalue weighted by Crippen LogP contribution is 2.34. The van der Waals surface area contributed by atoms with Gasteiger partial charge < -0.3 is 4.74 Å². The molecule has 0 saturated heterocycles. The van der Waals surface area contributed by atoms with E-state index < -0.39 is 48.6 Å². The minimum Gasteiger partial charge on any atom is -0.459 e. The van der Waals surface area contributed by atoms with E-state index in [1.165, 1.54) is 0 Å². The Hall–Kier alpha value is -1.58. The Morgan fingerprint density at radius 2 is 1.50 bits per heavy atom. The van der Waals surface area contributed by atoms with Crippen molar-refractivity contribution >= 4 is 5.97 Å². The molecular formula is C19H27F4NO2. The molecule has 0 N–H and O–H groups in total. The van der Waals surface area contributed by atoms with Crippen molar-refractivity contribution < 1.29 is 27.1 Å². The number of carbonyl (C=O) groups excluding carboxylic acids is 1. The number of nitriles is 1. The number of ether oxygens (including phenoxy) is 1. The normalized spacial score (nSPS) is 40.2. The number of alkyl halides is 4. The summed E-state index contributed by atoms with van der Waals surface area (Å²) in [6.45, 7) is 5.77. The largest absolute Gasteiger partial charge is 0.459 e. The third-order valence-corrected chi connectivity index (χ3v) is 4.73. The standard InChI is InChI=1S/C17H21F4NO2.C2H6/c1-9-4-13(18)11(14(19)5-9)2-3-17(23)24-10-6-15(20)12(8-22)16(21)7-10;1-2/h2-3,9-16H,4-7H2,1H3;1-2H3. The molecule has 7 heteroatoms. The number of allylic oxidation sites excluding steroid dienone is 1. The van der Waals surface area contributed by atoms with Gasteiger partial charge in [-0.15, -0.1) is 0 Å². The SMILES string of the molecule is CC.CC1CC(F)C(C=CC(=O)OC2CC(F)C(C#N)C(F)C2)C(F)C1. The number of halogens is 4. The summed E-state index contributed by atoms with van der Waals surface area (Å²) in [5.41, 5.74) is 0. The molecule has 0 amide bonds. The average Bonchev–Trinajstić information content (AvgIpc) is 2.55. The average molecular weight is 377 g/mol. The molecule has 0 spiro atoms. The van der Waals surface area contributed by atoms with Gasteiger partial charge in [-0.05, 0) is 18.8 Å². The van der Waals surface area contributed by atoms with Crippen molar-refractivity contribution in [3.8, 4) is 6.07 Å². The van der Waals surface area contributed by atoms with Crippen LogP contribution < -0.4 is 0 Å². The molecule has 3 nitrogen and oxygen atoms in total. The number of esters is 1. The maximum atomic E-state index is 13.9. The van der Waals surface area contributed by atoms with Crippen LogP contribution in [-0.2, 0) is 9.53 Å². The predicted octanol–water partition coefficient (Wildman–Crippen LogP) is 4.81. The molecule has 2 rings (SSSR count). The molecule has 0 heterocycles. The summed E-state index contributed by atoms with van der Waals surface area (Å²) in [6, 6.07) is 1.57. The summed E-state index contributed by atoms with van der Waals surface area (Å²) < 4.78 is 60.0. The zero-order valence-electron chi connectivity index (χ0n) is 15.4. The molecule has 26 heavy (non-hydrogen) atoms. The van der Waals surface area contributed by atoms with Crippen molar-refractivity contribution in [2.24, 2.45) is 17.8 Å².